The fraction of sp³-hybridized carbons (Fsp3) is 0.174. The largest absolute Gasteiger partial charge is 0.484 e. The molecule has 0 unspecified atom stereocenters. The summed E-state index contributed by atoms with van der Waals surface area (Å²) in [6, 6.07) is 9.60. The molecule has 0 aliphatic carbocycles. The highest BCUT2D eigenvalue weighted by Crippen LogP contribution is 2.37. The number of benzene rings is 2. The normalized spacial score (nSPS) is 12.5. The topological polar surface area (TPSA) is 165 Å². The number of primary amides is 1. The number of alkyl halides is 4. The Hall–Kier alpha value is -4.67. The van der Waals surface area contributed by atoms with E-state index in [0.717, 1.165) is 12.1 Å². The first kappa shape index (κ1) is 28.3. The second-order valence-corrected chi connectivity index (χ2v) is 9.81. The predicted molar refractivity (Wildman–Crippen MR) is 131 cm³/mol. The Bertz CT molecular complexity index is 1630. The van der Waals surface area contributed by atoms with Crippen molar-refractivity contribution in [2.45, 2.75) is 25.2 Å². The van der Waals surface area contributed by atoms with Crippen LogP contribution in [-0.4, -0.2) is 35.4 Å². The lowest BCUT2D eigenvalue weighted by molar-refractivity contribution is 0.100. The summed E-state index contributed by atoms with van der Waals surface area (Å²) < 4.78 is 101. The maximum atomic E-state index is 13.3. The summed E-state index contributed by atoms with van der Waals surface area (Å²) in [5.74, 6) is -6.58. The number of amides is 1. The quantitative estimate of drug-likeness (QED) is 0.177. The van der Waals surface area contributed by atoms with Gasteiger partial charge in [0.25, 0.3) is 22.4 Å². The van der Waals surface area contributed by atoms with Crippen molar-refractivity contribution >= 4 is 33.3 Å². The van der Waals surface area contributed by atoms with Crippen LogP contribution in [0.5, 0.6) is 5.75 Å². The first-order valence-corrected chi connectivity index (χ1v) is 12.7. The maximum Gasteiger partial charge on any atom is 0.355 e. The molecule has 0 aliphatic heterocycles. The second-order valence-electron chi connectivity index (χ2n) is 8.16. The monoisotopic (exact) mass is 586 g/mol. The van der Waals surface area contributed by atoms with Crippen molar-refractivity contribution in [3.63, 3.8) is 0 Å². The van der Waals surface area contributed by atoms with Gasteiger partial charge in [0.1, 0.15) is 34.7 Å². The van der Waals surface area contributed by atoms with Crippen molar-refractivity contribution in [3.05, 3.63) is 71.2 Å². The molecule has 2 aromatic heterocycles. The highest BCUT2D eigenvalue weighted by molar-refractivity contribution is 7.93. The number of hydrogen-bond donors (Lipinski definition) is 4. The molecule has 0 saturated carbocycles. The number of H-pyrrole nitrogens is 1. The molecule has 212 valence electrons. The summed E-state index contributed by atoms with van der Waals surface area (Å²) in [4.78, 5) is 12.3. The Morgan fingerprint density at radius 1 is 1.10 bits per heavy atom. The molecule has 2 heterocycles. The van der Waals surface area contributed by atoms with E-state index in [0.29, 0.717) is 5.56 Å². The van der Waals surface area contributed by atoms with Crippen molar-refractivity contribution in [3.8, 4) is 17.0 Å². The number of nitrogens with two attached hydrogens (primary N) is 1. The number of hydrogen-bond acceptors (Lipinski definition) is 8. The summed E-state index contributed by atoms with van der Waals surface area (Å²) in [7, 11) is -5.10. The molecule has 0 spiro atoms. The summed E-state index contributed by atoms with van der Waals surface area (Å²) in [5.41, 5.74) is 5.40. The number of carbonyl (C=O) groups is 1. The first-order chi connectivity index (χ1) is 18.9. The van der Waals surface area contributed by atoms with E-state index in [9.17, 15) is 35.2 Å². The van der Waals surface area contributed by atoms with Gasteiger partial charge in [-0.15, -0.1) is 0 Å². The van der Waals surface area contributed by atoms with E-state index >= 15 is 0 Å². The van der Waals surface area contributed by atoms with Crippen molar-refractivity contribution < 1.29 is 44.4 Å². The van der Waals surface area contributed by atoms with Crippen LogP contribution in [0.25, 0.3) is 11.3 Å². The SMILES string of the molecule is C[C@H](Oc1cc(-c2n[nH]c(Nc3cc(C(F)F)on3)c2C(N)=O)ccc1NS(=O)(=O)C(F)F)c1ccc(F)cc1. The second kappa shape index (κ2) is 11.2. The number of nitrogens with one attached hydrogen (secondary N) is 3. The number of halogens is 5. The van der Waals surface area contributed by atoms with Crippen molar-refractivity contribution in [1.29, 1.82) is 0 Å². The smallest absolute Gasteiger partial charge is 0.355 e. The van der Waals surface area contributed by atoms with Crippen LogP contribution < -0.4 is 20.5 Å². The van der Waals surface area contributed by atoms with Gasteiger partial charge in [-0.3, -0.25) is 14.6 Å². The number of aromatic amines is 1. The molecule has 40 heavy (non-hydrogen) atoms. The molecule has 1 atom stereocenters. The van der Waals surface area contributed by atoms with Crippen molar-refractivity contribution in [1.82, 2.24) is 15.4 Å². The van der Waals surface area contributed by atoms with Crippen molar-refractivity contribution in [2.75, 3.05) is 10.0 Å². The molecule has 4 rings (SSSR count). The molecule has 11 nitrogen and oxygen atoms in total. The minimum Gasteiger partial charge on any atom is -0.484 e. The van der Waals surface area contributed by atoms with Gasteiger partial charge in [0.15, 0.2) is 5.82 Å². The third kappa shape index (κ3) is 6.14. The summed E-state index contributed by atoms with van der Waals surface area (Å²) >= 11 is 0. The van der Waals surface area contributed by atoms with Crippen LogP contribution in [0.3, 0.4) is 0 Å². The number of ether oxygens (including phenoxy) is 1. The summed E-state index contributed by atoms with van der Waals surface area (Å²) in [6.07, 6.45) is -3.76. The van der Waals surface area contributed by atoms with Crippen LogP contribution in [0.15, 0.2) is 53.1 Å². The maximum absolute atomic E-state index is 13.3. The fourth-order valence-corrected chi connectivity index (χ4v) is 4.07. The molecule has 0 saturated heterocycles. The third-order valence-corrected chi connectivity index (χ3v) is 6.37. The Balaban J connectivity index is 1.74. The van der Waals surface area contributed by atoms with Gasteiger partial charge in [-0.05, 0) is 36.8 Å². The van der Waals surface area contributed by atoms with Gasteiger partial charge in [-0.2, -0.15) is 13.9 Å². The Labute approximate surface area is 222 Å². The molecule has 5 N–H and O–H groups in total. The van der Waals surface area contributed by atoms with Crippen LogP contribution in [0.1, 0.15) is 41.1 Å². The molecule has 17 heteroatoms. The van der Waals surface area contributed by atoms with E-state index in [1.165, 1.54) is 36.4 Å². The van der Waals surface area contributed by atoms with Gasteiger partial charge in [0, 0.05) is 11.6 Å². The molecular weight excluding hydrogens is 567 g/mol. The van der Waals surface area contributed by atoms with E-state index < -0.39 is 45.8 Å². The van der Waals surface area contributed by atoms with Gasteiger partial charge in [-0.1, -0.05) is 23.4 Å². The Kier molecular flexibility index (Phi) is 7.94. The number of rotatable bonds is 11. The molecule has 0 aliphatic rings. The molecule has 4 aromatic rings. The highest BCUT2D eigenvalue weighted by Gasteiger charge is 2.27. The van der Waals surface area contributed by atoms with Gasteiger partial charge < -0.3 is 20.3 Å². The summed E-state index contributed by atoms with van der Waals surface area (Å²) in [5, 5.41) is 12.5. The third-order valence-electron chi connectivity index (χ3n) is 5.39. The van der Waals surface area contributed by atoms with Gasteiger partial charge in [0.05, 0.1) is 5.69 Å². The van der Waals surface area contributed by atoms with Crippen LogP contribution in [0, 0.1) is 5.82 Å². The van der Waals surface area contributed by atoms with E-state index in [1.807, 2.05) is 0 Å². The average Bonchev–Trinajstić information content (AvgIpc) is 3.53. The number of aromatic nitrogens is 3. The number of nitrogens with zero attached hydrogens (tertiary/aromatic N) is 2. The molecular formula is C23H19F5N6O5S. The highest BCUT2D eigenvalue weighted by atomic mass is 32.2. The molecule has 2 aromatic carbocycles. The van der Waals surface area contributed by atoms with Gasteiger partial charge in [-0.25, -0.2) is 21.6 Å². The fourth-order valence-electron chi connectivity index (χ4n) is 3.50. The van der Waals surface area contributed by atoms with Crippen LogP contribution in [0.2, 0.25) is 0 Å². The van der Waals surface area contributed by atoms with Crippen molar-refractivity contribution in [2.24, 2.45) is 5.73 Å². The lowest BCUT2D eigenvalue weighted by atomic mass is 10.1. The van der Waals surface area contributed by atoms with Gasteiger partial charge >= 0.3 is 5.76 Å². The van der Waals surface area contributed by atoms with Crippen LogP contribution >= 0.6 is 0 Å². The number of anilines is 3. The van der Waals surface area contributed by atoms with E-state index in [1.54, 1.807) is 11.6 Å². The van der Waals surface area contributed by atoms with Crippen LogP contribution in [0.4, 0.5) is 39.3 Å². The molecule has 0 radical (unpaired) electrons. The zero-order chi connectivity index (χ0) is 29.2. The molecule has 1 amide bonds. The predicted octanol–water partition coefficient (Wildman–Crippen LogP) is 5.09. The lowest BCUT2D eigenvalue weighted by Gasteiger charge is -2.19. The molecule has 0 bridgehead atoms. The Morgan fingerprint density at radius 3 is 2.40 bits per heavy atom. The standard InChI is InChI=1S/C23H19F5N6O5S/c1-10(11-2-5-13(24)6-3-11)38-15-8-12(4-7-14(15)34-40(36,37)23(27)28)19-18(21(29)35)22(32-31-19)30-17-9-16(20(25)26)39-33-17/h2-10,20,23,34H,1H3,(H2,29,35)(H2,30,31,32,33)/t10-/m0/s1. The zero-order valence-corrected chi connectivity index (χ0v) is 21.0. The molecule has 0 fully saturated rings. The van der Waals surface area contributed by atoms with Crippen LogP contribution in [-0.2, 0) is 10.0 Å². The minimum atomic E-state index is -5.10. The summed E-state index contributed by atoms with van der Waals surface area (Å²) in [6.45, 7) is 1.54. The Morgan fingerprint density at radius 2 is 1.80 bits per heavy atom. The average molecular weight is 586 g/mol. The van der Waals surface area contributed by atoms with E-state index in [2.05, 4.69) is 25.2 Å². The van der Waals surface area contributed by atoms with E-state index in [-0.39, 0.29) is 39.9 Å². The van der Waals surface area contributed by atoms with E-state index in [4.69, 9.17) is 10.5 Å². The first-order valence-electron chi connectivity index (χ1n) is 11.1. The minimum absolute atomic E-state index is 0.0878. The lowest BCUT2D eigenvalue weighted by Crippen LogP contribution is -2.21. The number of carbonyl (C=O) groups excluding carboxylic acids is 1. The number of sulfonamides is 1. The zero-order valence-electron chi connectivity index (χ0n) is 20.2. The van der Waals surface area contributed by atoms with Gasteiger partial charge in [0.2, 0.25) is 5.76 Å².